The van der Waals surface area contributed by atoms with E-state index in [9.17, 15) is 4.79 Å². The molecule has 27 heavy (non-hydrogen) atoms. The van der Waals surface area contributed by atoms with E-state index in [1.807, 2.05) is 36.4 Å². The topological polar surface area (TPSA) is 44.4 Å². The predicted octanol–water partition coefficient (Wildman–Crippen LogP) is 4.20. The number of likely N-dealkylation sites (tertiary alicyclic amines) is 1. The summed E-state index contributed by atoms with van der Waals surface area (Å²) in [4.78, 5) is 15.1. The van der Waals surface area contributed by atoms with Gasteiger partial charge in [0.05, 0.1) is 6.04 Å². The summed E-state index contributed by atoms with van der Waals surface area (Å²) in [7, 11) is 0. The minimum absolute atomic E-state index is 0.0982. The number of hydrogen-bond donors (Lipinski definition) is 2. The zero-order valence-corrected chi connectivity index (χ0v) is 16.4. The molecule has 2 N–H and O–H groups in total. The van der Waals surface area contributed by atoms with Crippen molar-refractivity contribution >= 4 is 6.03 Å². The number of rotatable bonds is 6. The Morgan fingerprint density at radius 2 is 1.48 bits per heavy atom. The van der Waals surface area contributed by atoms with E-state index in [0.29, 0.717) is 12.0 Å². The lowest BCUT2D eigenvalue weighted by atomic mass is 9.96. The number of benzene rings is 2. The Morgan fingerprint density at radius 3 is 1.96 bits per heavy atom. The lowest BCUT2D eigenvalue weighted by molar-refractivity contribution is 0.148. The predicted molar refractivity (Wildman–Crippen MR) is 111 cm³/mol. The number of nitrogens with one attached hydrogen (secondary N) is 2. The van der Waals surface area contributed by atoms with Gasteiger partial charge in [0.15, 0.2) is 0 Å². The third kappa shape index (κ3) is 5.57. The molecule has 0 spiro atoms. The van der Waals surface area contributed by atoms with Crippen LogP contribution in [0.2, 0.25) is 0 Å². The first-order valence-corrected chi connectivity index (χ1v) is 10.0. The van der Waals surface area contributed by atoms with Crippen molar-refractivity contribution < 1.29 is 4.79 Å². The maximum absolute atomic E-state index is 12.6. The summed E-state index contributed by atoms with van der Waals surface area (Å²) in [6, 6.07) is 20.6. The minimum atomic E-state index is -0.143. The van der Waals surface area contributed by atoms with Gasteiger partial charge in [0, 0.05) is 12.6 Å². The van der Waals surface area contributed by atoms with Gasteiger partial charge in [-0.05, 0) is 56.8 Å². The summed E-state index contributed by atoms with van der Waals surface area (Å²) in [6.45, 7) is 7.50. The van der Waals surface area contributed by atoms with Gasteiger partial charge < -0.3 is 15.5 Å². The Morgan fingerprint density at radius 1 is 0.963 bits per heavy atom. The molecule has 0 unspecified atom stereocenters. The molecule has 3 rings (SSSR count). The van der Waals surface area contributed by atoms with Gasteiger partial charge in [0.2, 0.25) is 0 Å². The molecular formula is C23H31N3O. The Labute approximate surface area is 163 Å². The van der Waals surface area contributed by atoms with Crippen LogP contribution in [0.5, 0.6) is 0 Å². The van der Waals surface area contributed by atoms with Crippen molar-refractivity contribution in [3.63, 3.8) is 0 Å². The van der Waals surface area contributed by atoms with E-state index in [4.69, 9.17) is 0 Å². The Hall–Kier alpha value is -2.33. The first kappa shape index (κ1) is 19.4. The van der Waals surface area contributed by atoms with Crippen LogP contribution in [0.3, 0.4) is 0 Å². The molecule has 4 heteroatoms. The molecule has 2 aromatic rings. The molecule has 0 atom stereocenters. The van der Waals surface area contributed by atoms with Gasteiger partial charge >= 0.3 is 6.03 Å². The molecule has 1 fully saturated rings. The lowest BCUT2D eigenvalue weighted by Gasteiger charge is -2.34. The van der Waals surface area contributed by atoms with Crippen LogP contribution in [0.4, 0.5) is 4.79 Å². The molecule has 0 radical (unpaired) electrons. The van der Waals surface area contributed by atoms with Crippen LogP contribution in [0.25, 0.3) is 0 Å². The van der Waals surface area contributed by atoms with Crippen LogP contribution in [-0.4, -0.2) is 36.6 Å². The van der Waals surface area contributed by atoms with E-state index in [0.717, 1.165) is 43.6 Å². The van der Waals surface area contributed by atoms with Crippen molar-refractivity contribution in [2.45, 2.75) is 38.8 Å². The van der Waals surface area contributed by atoms with Crippen molar-refractivity contribution in [3.05, 3.63) is 71.8 Å². The smallest absolute Gasteiger partial charge is 0.315 e. The molecule has 1 aliphatic rings. The lowest BCUT2D eigenvalue weighted by Crippen LogP contribution is -2.44. The Bertz CT molecular complexity index is 655. The fourth-order valence-corrected chi connectivity index (χ4v) is 3.74. The second-order valence-electron chi connectivity index (χ2n) is 7.68. The summed E-state index contributed by atoms with van der Waals surface area (Å²) >= 11 is 0. The molecule has 1 heterocycles. The highest BCUT2D eigenvalue weighted by Crippen LogP contribution is 2.22. The normalized spacial score (nSPS) is 15.9. The summed E-state index contributed by atoms with van der Waals surface area (Å²) < 4.78 is 0. The quantitative estimate of drug-likeness (QED) is 0.806. The number of piperidine rings is 1. The van der Waals surface area contributed by atoms with Crippen LogP contribution in [-0.2, 0) is 0 Å². The summed E-state index contributed by atoms with van der Waals surface area (Å²) in [5.41, 5.74) is 2.17. The van der Waals surface area contributed by atoms with Gasteiger partial charge in [-0.3, -0.25) is 0 Å². The number of carbonyl (C=O) groups excluding carboxylic acids is 1. The molecule has 0 aliphatic carbocycles. The summed E-state index contributed by atoms with van der Waals surface area (Å²) in [5.74, 6) is 0.567. The number of hydrogen-bond acceptors (Lipinski definition) is 2. The molecule has 0 aromatic heterocycles. The van der Waals surface area contributed by atoms with Gasteiger partial charge in [-0.15, -0.1) is 0 Å². The highest BCUT2D eigenvalue weighted by Gasteiger charge is 2.22. The molecule has 1 saturated heterocycles. The van der Waals surface area contributed by atoms with Crippen molar-refractivity contribution in [1.29, 1.82) is 0 Å². The molecule has 0 saturated carbocycles. The number of urea groups is 1. The third-order valence-corrected chi connectivity index (χ3v) is 5.47. The van der Waals surface area contributed by atoms with E-state index in [1.54, 1.807) is 0 Å². The summed E-state index contributed by atoms with van der Waals surface area (Å²) in [5, 5.41) is 6.25. The fourth-order valence-electron chi connectivity index (χ4n) is 3.74. The van der Waals surface area contributed by atoms with E-state index < -0.39 is 0 Å². The standard InChI is InChI=1S/C23H31N3O/c1-18(2)26-15-13-19(14-16-26)17-24-23(27)25-22(20-9-5-3-6-10-20)21-11-7-4-8-12-21/h3-12,18-19,22H,13-17H2,1-2H3,(H2,24,25,27). The van der Waals surface area contributed by atoms with Crippen LogP contribution in [0.1, 0.15) is 43.9 Å². The van der Waals surface area contributed by atoms with Gasteiger partial charge in [-0.25, -0.2) is 4.79 Å². The molecule has 2 amide bonds. The highest BCUT2D eigenvalue weighted by molar-refractivity contribution is 5.75. The van der Waals surface area contributed by atoms with Gasteiger partial charge in [-0.1, -0.05) is 60.7 Å². The van der Waals surface area contributed by atoms with Crippen LogP contribution in [0, 0.1) is 5.92 Å². The first-order chi connectivity index (χ1) is 13.1. The number of nitrogens with zero attached hydrogens (tertiary/aromatic N) is 1. The van der Waals surface area contributed by atoms with Gasteiger partial charge in [0.25, 0.3) is 0 Å². The monoisotopic (exact) mass is 365 g/mol. The summed E-state index contributed by atoms with van der Waals surface area (Å²) in [6.07, 6.45) is 2.30. The zero-order chi connectivity index (χ0) is 19.1. The van der Waals surface area contributed by atoms with Crippen molar-refractivity contribution in [2.24, 2.45) is 5.92 Å². The Kier molecular flexibility index (Phi) is 6.88. The minimum Gasteiger partial charge on any atom is -0.338 e. The molecule has 144 valence electrons. The van der Waals surface area contributed by atoms with Crippen LogP contribution in [0.15, 0.2) is 60.7 Å². The van der Waals surface area contributed by atoms with Crippen molar-refractivity contribution in [3.8, 4) is 0 Å². The van der Waals surface area contributed by atoms with E-state index >= 15 is 0 Å². The van der Waals surface area contributed by atoms with E-state index in [2.05, 4.69) is 53.6 Å². The average molecular weight is 366 g/mol. The maximum Gasteiger partial charge on any atom is 0.315 e. The molecule has 2 aromatic carbocycles. The van der Waals surface area contributed by atoms with Crippen LogP contribution >= 0.6 is 0 Å². The van der Waals surface area contributed by atoms with E-state index in [1.165, 1.54) is 0 Å². The highest BCUT2D eigenvalue weighted by atomic mass is 16.2. The van der Waals surface area contributed by atoms with Crippen LogP contribution < -0.4 is 10.6 Å². The number of amides is 2. The van der Waals surface area contributed by atoms with Crippen molar-refractivity contribution in [2.75, 3.05) is 19.6 Å². The van der Waals surface area contributed by atoms with Crippen molar-refractivity contribution in [1.82, 2.24) is 15.5 Å². The molecule has 1 aliphatic heterocycles. The maximum atomic E-state index is 12.6. The molecule has 4 nitrogen and oxygen atoms in total. The second-order valence-corrected chi connectivity index (χ2v) is 7.68. The SMILES string of the molecule is CC(C)N1CCC(CNC(=O)NC(c2ccccc2)c2ccccc2)CC1. The van der Waals surface area contributed by atoms with Gasteiger partial charge in [-0.2, -0.15) is 0 Å². The average Bonchev–Trinajstić information content (AvgIpc) is 2.72. The zero-order valence-electron chi connectivity index (χ0n) is 16.4. The van der Waals surface area contributed by atoms with E-state index in [-0.39, 0.29) is 12.1 Å². The first-order valence-electron chi connectivity index (χ1n) is 10.0. The largest absolute Gasteiger partial charge is 0.338 e. The number of carbonyl (C=O) groups is 1. The van der Waals surface area contributed by atoms with Gasteiger partial charge in [0.1, 0.15) is 0 Å². The molecular weight excluding hydrogens is 334 g/mol. The molecule has 0 bridgehead atoms. The fraction of sp³-hybridized carbons (Fsp3) is 0.435. The third-order valence-electron chi connectivity index (χ3n) is 5.47. The second kappa shape index (κ2) is 9.56. The Balaban J connectivity index is 1.56.